The van der Waals surface area contributed by atoms with E-state index in [1.54, 1.807) is 73.0 Å². The zero-order valence-corrected chi connectivity index (χ0v) is 48.3. The Kier molecular flexibility index (Phi) is 16.9. The number of aliphatic hydroxyl groups excluding tert-OH is 1. The quantitative estimate of drug-likeness (QED) is 0.111. The van der Waals surface area contributed by atoms with Crippen molar-refractivity contribution in [2.24, 2.45) is 23.0 Å². The molecule has 446 valence electrons. The molecule has 3 aliphatic carbocycles. The third kappa shape index (κ3) is 12.6. The summed E-state index contributed by atoms with van der Waals surface area (Å²) in [4.78, 5) is 96.4. The molecule has 0 spiro atoms. The molecule has 5 saturated heterocycles. The lowest BCUT2D eigenvalue weighted by Crippen LogP contribution is -2.65. The van der Waals surface area contributed by atoms with Crippen molar-refractivity contribution in [2.75, 3.05) is 78.6 Å². The van der Waals surface area contributed by atoms with Gasteiger partial charge in [0.1, 0.15) is 18.0 Å². The number of aliphatic hydroxyl groups is 2. The summed E-state index contributed by atoms with van der Waals surface area (Å²) < 4.78 is 29.0. The number of rotatable bonds is 14. The van der Waals surface area contributed by atoms with Crippen LogP contribution in [0.1, 0.15) is 143 Å². The number of nitrogens with two attached hydrogens (primary N) is 1. The number of aromatic amines is 1. The number of piperazine rings is 2. The predicted molar refractivity (Wildman–Crippen MR) is 307 cm³/mol. The van der Waals surface area contributed by atoms with Crippen LogP contribution in [-0.2, 0) is 30.3 Å². The molecule has 5 aliphatic heterocycles. The van der Waals surface area contributed by atoms with Gasteiger partial charge in [-0.3, -0.25) is 33.8 Å². The van der Waals surface area contributed by atoms with E-state index in [1.807, 2.05) is 21.9 Å². The highest BCUT2D eigenvalue weighted by atomic mass is 19.1. The number of halogens is 1. The Balaban J connectivity index is 0.811. The summed E-state index contributed by atoms with van der Waals surface area (Å²) in [5.74, 6) is -1.79. The largest absolute Gasteiger partial charge is 0.444 e. The summed E-state index contributed by atoms with van der Waals surface area (Å²) in [6.45, 7) is 9.89. The van der Waals surface area contributed by atoms with E-state index in [4.69, 9.17) is 15.2 Å². The van der Waals surface area contributed by atoms with Crippen molar-refractivity contribution < 1.29 is 48.0 Å². The first-order chi connectivity index (χ1) is 39.8. The van der Waals surface area contributed by atoms with Crippen LogP contribution in [0.4, 0.5) is 9.18 Å². The molecule has 0 radical (unpaired) electrons. The van der Waals surface area contributed by atoms with Gasteiger partial charge in [-0.2, -0.15) is 5.10 Å². The zero-order valence-electron chi connectivity index (χ0n) is 48.3. The lowest BCUT2D eigenvalue weighted by Gasteiger charge is -2.55. The zero-order chi connectivity index (χ0) is 58.4. The topological polar surface area (TPSA) is 235 Å². The Bertz CT molecular complexity index is 3110. The second kappa shape index (κ2) is 24.0. The van der Waals surface area contributed by atoms with Crippen LogP contribution < -0.4 is 11.3 Å². The third-order valence-corrected chi connectivity index (χ3v) is 19.3. The maximum atomic E-state index is 16.3. The van der Waals surface area contributed by atoms with E-state index in [2.05, 4.69) is 15.1 Å². The van der Waals surface area contributed by atoms with E-state index in [0.717, 1.165) is 50.8 Å². The standard InChI is InChI=1S/C63H82FN9O10/c1-61(2,3)83-60(81)73(37-53(74)70-24-10-15-44(35-70)42-13-9-14-43(33-42)58(78)79)51-34-48(51)52-36-71(29-30-72(52)56(76)47-31-40(18-19-49(47)64)32-50-45-16-7-8-17-46(45)55(75)67-66-50)59(80)62-20-22-63(23-21-62,82-39-62)38-68-25-27-69(28-26-68)57(77)54(65)41-11-5-4-6-12-41/h7-9,13-14,16-19,31,33,41,44,48,51-52,54,58,78-79H,4-6,10-12,15,20-30,32,34-39,65H2,1-3H3,(H,67,75)/t44?,48?,51?,52?,54-,62?,63?/m1/s1. The van der Waals surface area contributed by atoms with Gasteiger partial charge in [-0.05, 0) is 114 Å². The molecule has 8 aliphatic rings. The summed E-state index contributed by atoms with van der Waals surface area (Å²) in [5.41, 5.74) is 6.34. The Morgan fingerprint density at radius 1 is 0.843 bits per heavy atom. The van der Waals surface area contributed by atoms with Crippen LogP contribution in [0.5, 0.6) is 0 Å². The van der Waals surface area contributed by atoms with Gasteiger partial charge in [-0.25, -0.2) is 14.3 Å². The maximum absolute atomic E-state index is 16.3. The van der Waals surface area contributed by atoms with Crippen molar-refractivity contribution in [1.82, 2.24) is 39.6 Å². The molecule has 3 aromatic carbocycles. The molecule has 83 heavy (non-hydrogen) atoms. The molecule has 5 amide bonds. The van der Waals surface area contributed by atoms with E-state index in [0.29, 0.717) is 98.8 Å². The lowest BCUT2D eigenvalue weighted by molar-refractivity contribution is -0.204. The number of H-pyrrole nitrogens is 1. The van der Waals surface area contributed by atoms with E-state index in [9.17, 15) is 29.4 Å². The van der Waals surface area contributed by atoms with Gasteiger partial charge in [0.2, 0.25) is 17.7 Å². The number of nitrogens with one attached hydrogen (secondary N) is 1. The molecule has 5 atom stereocenters. The smallest absolute Gasteiger partial charge is 0.411 e. The fourth-order valence-electron chi connectivity index (χ4n) is 14.4. The lowest BCUT2D eigenvalue weighted by atomic mass is 9.65. The predicted octanol–water partition coefficient (Wildman–Crippen LogP) is 5.70. The van der Waals surface area contributed by atoms with Crippen LogP contribution in [0.2, 0.25) is 0 Å². The van der Waals surface area contributed by atoms with Gasteiger partial charge in [-0.15, -0.1) is 0 Å². The number of amides is 5. The van der Waals surface area contributed by atoms with E-state index in [-0.39, 0.29) is 79.9 Å². The number of hydrogen-bond acceptors (Lipinski definition) is 13. The van der Waals surface area contributed by atoms with Crippen molar-refractivity contribution in [2.45, 2.75) is 146 Å². The Morgan fingerprint density at radius 2 is 1.58 bits per heavy atom. The van der Waals surface area contributed by atoms with Crippen molar-refractivity contribution in [1.29, 1.82) is 0 Å². The van der Waals surface area contributed by atoms with Gasteiger partial charge in [0.05, 0.1) is 46.4 Å². The van der Waals surface area contributed by atoms with Crippen LogP contribution in [0, 0.1) is 23.1 Å². The van der Waals surface area contributed by atoms with Crippen LogP contribution in [0.25, 0.3) is 10.8 Å². The minimum absolute atomic E-state index is 0.0480. The number of piperidine rings is 1. The molecule has 20 heteroatoms. The highest BCUT2D eigenvalue weighted by Gasteiger charge is 2.58. The minimum Gasteiger partial charge on any atom is -0.444 e. The molecule has 12 rings (SSSR count). The fourth-order valence-corrected chi connectivity index (χ4v) is 14.4. The first-order valence-electron chi connectivity index (χ1n) is 30.3. The maximum Gasteiger partial charge on any atom is 0.411 e. The molecule has 4 aromatic rings. The average molecular weight is 1140 g/mol. The summed E-state index contributed by atoms with van der Waals surface area (Å²) in [6.07, 6.45) is 7.92. The van der Waals surface area contributed by atoms with Crippen LogP contribution in [0.3, 0.4) is 0 Å². The summed E-state index contributed by atoms with van der Waals surface area (Å²) in [5, 5.41) is 27.8. The summed E-state index contributed by atoms with van der Waals surface area (Å²) in [6, 6.07) is 16.8. The molecule has 2 bridgehead atoms. The Hall–Kier alpha value is -6.32. The molecule has 5 N–H and O–H groups in total. The van der Waals surface area contributed by atoms with Gasteiger partial charge in [0, 0.05) is 101 Å². The van der Waals surface area contributed by atoms with Gasteiger partial charge in [-0.1, -0.05) is 67.8 Å². The average Bonchev–Trinajstić information content (AvgIpc) is 3.81. The molecule has 3 saturated carbocycles. The molecule has 1 aromatic heterocycles. The van der Waals surface area contributed by atoms with Crippen LogP contribution in [0.15, 0.2) is 71.5 Å². The number of fused-ring (bicyclic) bond motifs is 4. The third-order valence-electron chi connectivity index (χ3n) is 19.3. The molecular formula is C63H82FN9O10. The molecule has 19 nitrogen and oxygen atoms in total. The van der Waals surface area contributed by atoms with Crippen molar-refractivity contribution in [3.8, 4) is 0 Å². The van der Waals surface area contributed by atoms with Gasteiger partial charge in [0.25, 0.3) is 11.5 Å². The van der Waals surface area contributed by atoms with E-state index >= 15 is 14.0 Å². The number of ether oxygens (including phenoxy) is 2. The molecular weight excluding hydrogens is 1060 g/mol. The summed E-state index contributed by atoms with van der Waals surface area (Å²) in [7, 11) is 0. The van der Waals surface area contributed by atoms with Gasteiger partial charge < -0.3 is 45.0 Å². The number of likely N-dealkylation sites (tertiary alicyclic amines) is 1. The van der Waals surface area contributed by atoms with Gasteiger partial charge in [0.15, 0.2) is 6.29 Å². The van der Waals surface area contributed by atoms with E-state index in [1.165, 1.54) is 23.5 Å². The monoisotopic (exact) mass is 1140 g/mol. The number of hydrogen-bond donors (Lipinski definition) is 4. The number of carbonyl (C=O) groups is 5. The molecule has 6 heterocycles. The van der Waals surface area contributed by atoms with Crippen LogP contribution in [-0.4, -0.2) is 187 Å². The highest BCUT2D eigenvalue weighted by molar-refractivity contribution is 5.95. The second-order valence-electron chi connectivity index (χ2n) is 25.9. The van der Waals surface area contributed by atoms with Crippen molar-refractivity contribution >= 4 is 40.5 Å². The van der Waals surface area contributed by atoms with E-state index < -0.39 is 64.8 Å². The Morgan fingerprint density at radius 3 is 2.29 bits per heavy atom. The highest BCUT2D eigenvalue weighted by Crippen LogP contribution is 2.51. The van der Waals surface area contributed by atoms with Crippen molar-refractivity contribution in [3.05, 3.63) is 111 Å². The SMILES string of the molecule is CC(C)(C)OC(=O)N(CC(=O)N1CCCC(c2cccc(C(O)O)c2)C1)C1CC1C1CN(C(=O)C23CCC(CN4CCN(C(=O)[C@H](N)C5CCCCC5)CC4)(CC2)OC3)CCN1C(=O)c1cc(Cc2n[nH]c(=O)c3ccccc23)ccc1F. The first-order valence-corrected chi connectivity index (χ1v) is 30.3. The number of nitrogens with zero attached hydrogens (tertiary/aromatic N) is 7. The first kappa shape index (κ1) is 58.5. The number of benzene rings is 3. The molecule has 8 fully saturated rings. The minimum atomic E-state index is -1.63. The summed E-state index contributed by atoms with van der Waals surface area (Å²) >= 11 is 0. The van der Waals surface area contributed by atoms with Crippen LogP contribution >= 0.6 is 0 Å². The fraction of sp³-hybridized carbons (Fsp3) is 0.603. The number of carbonyl (C=O) groups excluding carboxylic acids is 5. The normalized spacial score (nSPS) is 26.5. The second-order valence-corrected chi connectivity index (χ2v) is 25.9. The van der Waals surface area contributed by atoms with Gasteiger partial charge >= 0.3 is 6.09 Å². The number of aromatic nitrogens is 2. The molecule has 4 unspecified atom stereocenters. The Labute approximate surface area is 484 Å². The van der Waals surface area contributed by atoms with Crippen molar-refractivity contribution in [3.63, 3.8) is 0 Å².